The van der Waals surface area contributed by atoms with Crippen LogP contribution in [0.1, 0.15) is 24.9 Å². The first kappa shape index (κ1) is 14.3. The third-order valence-corrected chi connectivity index (χ3v) is 3.19. The molecule has 96 valence electrons. The predicted octanol–water partition coefficient (Wildman–Crippen LogP) is 2.59. The second-order valence-electron chi connectivity index (χ2n) is 4.30. The summed E-state index contributed by atoms with van der Waals surface area (Å²) in [7, 11) is 3.61. The average molecular weight is 257 g/mol. The van der Waals surface area contributed by atoms with Gasteiger partial charge in [0.05, 0.1) is 7.11 Å². The summed E-state index contributed by atoms with van der Waals surface area (Å²) in [5.74, 6) is 1.31. The molecule has 0 amide bonds. The van der Waals surface area contributed by atoms with E-state index in [1.807, 2.05) is 25.2 Å². The van der Waals surface area contributed by atoms with Crippen molar-refractivity contribution in [3.05, 3.63) is 28.8 Å². The molecule has 0 fully saturated rings. The third-order valence-electron chi connectivity index (χ3n) is 2.96. The molecule has 0 aliphatic carbocycles. The van der Waals surface area contributed by atoms with Gasteiger partial charge in [-0.25, -0.2) is 0 Å². The lowest BCUT2D eigenvalue weighted by Gasteiger charge is -2.22. The van der Waals surface area contributed by atoms with Crippen LogP contribution >= 0.6 is 11.6 Å². The predicted molar refractivity (Wildman–Crippen MR) is 72.6 cm³/mol. The van der Waals surface area contributed by atoms with E-state index in [0.29, 0.717) is 12.5 Å². The van der Waals surface area contributed by atoms with Crippen molar-refractivity contribution in [1.82, 2.24) is 5.32 Å². The summed E-state index contributed by atoms with van der Waals surface area (Å²) in [6.45, 7) is 2.82. The minimum atomic E-state index is 0.210. The maximum atomic E-state index is 6.04. The first-order chi connectivity index (χ1) is 8.12. The zero-order valence-electron chi connectivity index (χ0n) is 10.7. The molecule has 0 radical (unpaired) electrons. The van der Waals surface area contributed by atoms with E-state index in [2.05, 4.69) is 12.2 Å². The molecular formula is C13H21ClN2O. The number of nitrogens with one attached hydrogen (secondary N) is 1. The Labute approximate surface area is 108 Å². The van der Waals surface area contributed by atoms with Gasteiger partial charge in [-0.15, -0.1) is 0 Å². The van der Waals surface area contributed by atoms with Crippen LogP contribution in [0, 0.1) is 5.92 Å². The van der Waals surface area contributed by atoms with Crippen LogP contribution in [0.2, 0.25) is 5.02 Å². The van der Waals surface area contributed by atoms with Gasteiger partial charge in [-0.2, -0.15) is 0 Å². The smallest absolute Gasteiger partial charge is 0.123 e. The van der Waals surface area contributed by atoms with Gasteiger partial charge in [-0.1, -0.05) is 18.5 Å². The lowest BCUT2D eigenvalue weighted by atomic mass is 9.95. The number of hydrogen-bond acceptors (Lipinski definition) is 3. The van der Waals surface area contributed by atoms with Gasteiger partial charge in [0.25, 0.3) is 0 Å². The average Bonchev–Trinajstić information content (AvgIpc) is 2.35. The van der Waals surface area contributed by atoms with E-state index >= 15 is 0 Å². The molecule has 4 heteroatoms. The highest BCUT2D eigenvalue weighted by Crippen LogP contribution is 2.31. The molecule has 0 aliphatic heterocycles. The summed E-state index contributed by atoms with van der Waals surface area (Å²) in [6, 6.07) is 5.89. The molecule has 2 atom stereocenters. The van der Waals surface area contributed by atoms with Crippen molar-refractivity contribution in [2.45, 2.75) is 19.4 Å². The molecule has 0 spiro atoms. The maximum Gasteiger partial charge on any atom is 0.123 e. The number of halogens is 1. The summed E-state index contributed by atoms with van der Waals surface area (Å²) < 4.78 is 5.37. The van der Waals surface area contributed by atoms with Crippen LogP contribution < -0.4 is 15.8 Å². The topological polar surface area (TPSA) is 47.3 Å². The Morgan fingerprint density at radius 2 is 2.18 bits per heavy atom. The number of hydrogen-bond donors (Lipinski definition) is 2. The van der Waals surface area contributed by atoms with Crippen LogP contribution in [0.15, 0.2) is 18.2 Å². The molecule has 0 aromatic heterocycles. The van der Waals surface area contributed by atoms with Crippen LogP contribution in [0.25, 0.3) is 0 Å². The number of benzene rings is 1. The Bertz CT molecular complexity index is 357. The second-order valence-corrected chi connectivity index (χ2v) is 4.74. The highest BCUT2D eigenvalue weighted by Gasteiger charge is 2.17. The van der Waals surface area contributed by atoms with Crippen molar-refractivity contribution in [2.75, 3.05) is 20.7 Å². The van der Waals surface area contributed by atoms with Crippen molar-refractivity contribution in [1.29, 1.82) is 0 Å². The van der Waals surface area contributed by atoms with Crippen molar-refractivity contribution in [3.8, 4) is 5.75 Å². The van der Waals surface area contributed by atoms with Crippen LogP contribution in [0.4, 0.5) is 0 Å². The van der Waals surface area contributed by atoms with Crippen molar-refractivity contribution >= 4 is 11.6 Å². The molecule has 1 aromatic carbocycles. The summed E-state index contributed by atoms with van der Waals surface area (Å²) in [4.78, 5) is 0. The third kappa shape index (κ3) is 3.87. The maximum absolute atomic E-state index is 6.04. The zero-order valence-corrected chi connectivity index (χ0v) is 11.4. The van der Waals surface area contributed by atoms with Crippen LogP contribution in [-0.2, 0) is 0 Å². The van der Waals surface area contributed by atoms with Crippen LogP contribution in [-0.4, -0.2) is 20.7 Å². The standard InChI is InChI=1S/C13H21ClN2O/c1-9(8-15)6-12(16-2)11-7-10(14)4-5-13(11)17-3/h4-5,7,9,12,16H,6,8,15H2,1-3H3. The van der Waals surface area contributed by atoms with Crippen molar-refractivity contribution in [2.24, 2.45) is 11.7 Å². The first-order valence-corrected chi connectivity index (χ1v) is 6.21. The Hall–Kier alpha value is -0.770. The number of rotatable bonds is 6. The minimum absolute atomic E-state index is 0.210. The zero-order chi connectivity index (χ0) is 12.8. The van der Waals surface area contributed by atoms with E-state index in [-0.39, 0.29) is 6.04 Å². The first-order valence-electron chi connectivity index (χ1n) is 5.83. The molecular weight excluding hydrogens is 236 g/mol. The molecule has 17 heavy (non-hydrogen) atoms. The summed E-state index contributed by atoms with van der Waals surface area (Å²) >= 11 is 6.04. The van der Waals surface area contributed by atoms with Gasteiger partial charge in [0.15, 0.2) is 0 Å². The van der Waals surface area contributed by atoms with Gasteiger partial charge in [-0.05, 0) is 44.1 Å². The lowest BCUT2D eigenvalue weighted by molar-refractivity contribution is 0.385. The van der Waals surface area contributed by atoms with Crippen LogP contribution in [0.3, 0.4) is 0 Å². The summed E-state index contributed by atoms with van der Waals surface area (Å²) in [5.41, 5.74) is 6.75. The normalized spacial score (nSPS) is 14.4. The molecule has 0 heterocycles. The van der Waals surface area contributed by atoms with E-state index in [0.717, 1.165) is 22.8 Å². The second kappa shape index (κ2) is 6.84. The van der Waals surface area contributed by atoms with Gasteiger partial charge in [0.2, 0.25) is 0 Å². The molecule has 0 aliphatic rings. The fourth-order valence-electron chi connectivity index (χ4n) is 1.88. The van der Waals surface area contributed by atoms with Gasteiger partial charge >= 0.3 is 0 Å². The molecule has 1 aromatic rings. The highest BCUT2D eigenvalue weighted by molar-refractivity contribution is 6.30. The molecule has 0 bridgehead atoms. The van der Waals surface area contributed by atoms with Crippen LogP contribution in [0.5, 0.6) is 5.75 Å². The van der Waals surface area contributed by atoms with Crippen molar-refractivity contribution in [3.63, 3.8) is 0 Å². The Morgan fingerprint density at radius 3 is 2.71 bits per heavy atom. The molecule has 3 nitrogen and oxygen atoms in total. The monoisotopic (exact) mass is 256 g/mol. The molecule has 0 saturated carbocycles. The Kier molecular flexibility index (Phi) is 5.75. The largest absolute Gasteiger partial charge is 0.496 e. The fraction of sp³-hybridized carbons (Fsp3) is 0.538. The lowest BCUT2D eigenvalue weighted by Crippen LogP contribution is -2.23. The Balaban J connectivity index is 2.97. The molecule has 3 N–H and O–H groups in total. The highest BCUT2D eigenvalue weighted by atomic mass is 35.5. The van der Waals surface area contributed by atoms with Crippen molar-refractivity contribution < 1.29 is 4.74 Å². The number of ether oxygens (including phenoxy) is 1. The molecule has 1 rings (SSSR count). The van der Waals surface area contributed by atoms with Gasteiger partial charge in [-0.3, -0.25) is 0 Å². The molecule has 0 saturated heterocycles. The Morgan fingerprint density at radius 1 is 1.47 bits per heavy atom. The number of methoxy groups -OCH3 is 1. The van der Waals surface area contributed by atoms with E-state index in [4.69, 9.17) is 22.1 Å². The van der Waals surface area contributed by atoms with E-state index in [1.165, 1.54) is 0 Å². The van der Waals surface area contributed by atoms with Gasteiger partial charge in [0.1, 0.15) is 5.75 Å². The minimum Gasteiger partial charge on any atom is -0.496 e. The fourth-order valence-corrected chi connectivity index (χ4v) is 2.06. The SMILES string of the molecule is CNC(CC(C)CN)c1cc(Cl)ccc1OC. The summed E-state index contributed by atoms with van der Waals surface area (Å²) in [6.07, 6.45) is 0.962. The van der Waals surface area contributed by atoms with E-state index < -0.39 is 0 Å². The molecule has 2 unspecified atom stereocenters. The van der Waals surface area contributed by atoms with E-state index in [9.17, 15) is 0 Å². The van der Waals surface area contributed by atoms with Gasteiger partial charge < -0.3 is 15.8 Å². The van der Waals surface area contributed by atoms with E-state index in [1.54, 1.807) is 7.11 Å². The summed E-state index contributed by atoms with van der Waals surface area (Å²) in [5, 5.41) is 4.01. The number of nitrogens with two attached hydrogens (primary N) is 1. The quantitative estimate of drug-likeness (QED) is 0.823. The van der Waals surface area contributed by atoms with Gasteiger partial charge in [0, 0.05) is 16.6 Å².